The third-order valence-corrected chi connectivity index (χ3v) is 4.70. The van der Waals surface area contributed by atoms with Gasteiger partial charge in [-0.1, -0.05) is 36.0 Å². The first-order valence-corrected chi connectivity index (χ1v) is 7.28. The summed E-state index contributed by atoms with van der Waals surface area (Å²) >= 11 is 3.21. The number of hydrogen-bond acceptors (Lipinski definition) is 4. The zero-order valence-electron chi connectivity index (χ0n) is 9.74. The number of pyridine rings is 1. The number of aromatic carboxylic acids is 1. The first-order chi connectivity index (χ1) is 9.24. The monoisotopic (exact) mass is 287 g/mol. The fraction of sp³-hybridized carbons (Fsp3) is 0. The van der Waals surface area contributed by atoms with E-state index in [2.05, 4.69) is 4.98 Å². The number of carbonyl (C=O) groups is 1. The molecular weight excluding hydrogens is 278 g/mol. The van der Waals surface area contributed by atoms with Crippen molar-refractivity contribution in [1.29, 1.82) is 0 Å². The van der Waals surface area contributed by atoms with Crippen LogP contribution in [0.15, 0.2) is 56.9 Å². The van der Waals surface area contributed by atoms with E-state index in [4.69, 9.17) is 5.11 Å². The van der Waals surface area contributed by atoms with Crippen molar-refractivity contribution >= 4 is 40.0 Å². The molecule has 0 saturated carbocycles. The van der Waals surface area contributed by atoms with Crippen LogP contribution in [0.3, 0.4) is 0 Å². The fourth-order valence-electron chi connectivity index (χ4n) is 1.77. The SMILES string of the molecule is O=C(O)c1cc(Sc2cccs2)c2ccccc2n1. The second kappa shape index (κ2) is 5.03. The van der Waals surface area contributed by atoms with Crippen LogP contribution in [0.2, 0.25) is 0 Å². The lowest BCUT2D eigenvalue weighted by Crippen LogP contribution is -2.00. The molecule has 0 aliphatic heterocycles. The molecule has 3 aromatic rings. The third kappa shape index (κ3) is 2.47. The molecule has 0 fully saturated rings. The van der Waals surface area contributed by atoms with Crippen molar-refractivity contribution in [1.82, 2.24) is 4.98 Å². The average Bonchev–Trinajstić information content (AvgIpc) is 2.91. The quantitative estimate of drug-likeness (QED) is 0.786. The lowest BCUT2D eigenvalue weighted by molar-refractivity contribution is 0.0690. The number of para-hydroxylation sites is 1. The highest BCUT2D eigenvalue weighted by Gasteiger charge is 2.11. The van der Waals surface area contributed by atoms with E-state index in [0.29, 0.717) is 5.52 Å². The Hall–Kier alpha value is -1.85. The molecule has 19 heavy (non-hydrogen) atoms. The summed E-state index contributed by atoms with van der Waals surface area (Å²) in [5, 5.41) is 12.1. The molecule has 5 heteroatoms. The minimum atomic E-state index is -1.00. The largest absolute Gasteiger partial charge is 0.477 e. The van der Waals surface area contributed by atoms with Gasteiger partial charge in [-0.3, -0.25) is 0 Å². The molecule has 0 aliphatic carbocycles. The van der Waals surface area contributed by atoms with E-state index in [1.165, 1.54) is 0 Å². The topological polar surface area (TPSA) is 50.2 Å². The van der Waals surface area contributed by atoms with Crippen LogP contribution >= 0.6 is 23.1 Å². The highest BCUT2D eigenvalue weighted by Crippen LogP contribution is 2.35. The van der Waals surface area contributed by atoms with Gasteiger partial charge in [-0.15, -0.1) is 11.3 Å². The molecule has 2 aromatic heterocycles. The van der Waals surface area contributed by atoms with Crippen molar-refractivity contribution in [3.05, 3.63) is 53.5 Å². The zero-order chi connectivity index (χ0) is 13.2. The Bertz CT molecular complexity index is 738. The van der Waals surface area contributed by atoms with Gasteiger partial charge in [-0.05, 0) is 23.6 Å². The summed E-state index contributed by atoms with van der Waals surface area (Å²) < 4.78 is 1.13. The summed E-state index contributed by atoms with van der Waals surface area (Å²) in [4.78, 5) is 16.2. The summed E-state index contributed by atoms with van der Waals surface area (Å²) in [5.41, 5.74) is 0.791. The second-order valence-electron chi connectivity index (χ2n) is 3.86. The molecule has 0 amide bonds. The number of thiophene rings is 1. The first-order valence-electron chi connectivity index (χ1n) is 5.58. The van der Waals surface area contributed by atoms with Gasteiger partial charge in [0, 0.05) is 10.3 Å². The van der Waals surface area contributed by atoms with Crippen molar-refractivity contribution in [2.75, 3.05) is 0 Å². The molecule has 3 rings (SSSR count). The Balaban J connectivity index is 2.17. The van der Waals surface area contributed by atoms with E-state index in [1.54, 1.807) is 29.2 Å². The van der Waals surface area contributed by atoms with Crippen molar-refractivity contribution in [2.45, 2.75) is 9.10 Å². The van der Waals surface area contributed by atoms with Crippen molar-refractivity contribution < 1.29 is 9.90 Å². The predicted octanol–water partition coefficient (Wildman–Crippen LogP) is 4.15. The molecule has 94 valence electrons. The van der Waals surface area contributed by atoms with Crippen LogP contribution in [0.4, 0.5) is 0 Å². The van der Waals surface area contributed by atoms with Gasteiger partial charge in [0.1, 0.15) is 5.69 Å². The third-order valence-electron chi connectivity index (χ3n) is 2.60. The van der Waals surface area contributed by atoms with Crippen LogP contribution in [0.5, 0.6) is 0 Å². The number of carboxylic acid groups (broad SMARTS) is 1. The summed E-state index contributed by atoms with van der Waals surface area (Å²) in [6.45, 7) is 0. The van der Waals surface area contributed by atoms with E-state index in [9.17, 15) is 4.79 Å². The van der Waals surface area contributed by atoms with Gasteiger partial charge in [-0.2, -0.15) is 0 Å². The molecule has 0 saturated heterocycles. The maximum atomic E-state index is 11.1. The van der Waals surface area contributed by atoms with E-state index in [-0.39, 0.29) is 5.69 Å². The van der Waals surface area contributed by atoms with Gasteiger partial charge < -0.3 is 5.11 Å². The maximum Gasteiger partial charge on any atom is 0.354 e. The Kier molecular flexibility index (Phi) is 3.23. The summed E-state index contributed by atoms with van der Waals surface area (Å²) in [7, 11) is 0. The molecule has 0 bridgehead atoms. The van der Waals surface area contributed by atoms with E-state index >= 15 is 0 Å². The Morgan fingerprint density at radius 1 is 1.21 bits per heavy atom. The molecule has 0 spiro atoms. The summed E-state index contributed by atoms with van der Waals surface area (Å²) in [5.74, 6) is -1.00. The van der Waals surface area contributed by atoms with Crippen LogP contribution in [0.1, 0.15) is 10.5 Å². The number of aromatic nitrogens is 1. The fourth-order valence-corrected chi connectivity index (χ4v) is 3.66. The Morgan fingerprint density at radius 2 is 2.05 bits per heavy atom. The minimum absolute atomic E-state index is 0.0813. The summed E-state index contributed by atoms with van der Waals surface area (Å²) in [6.07, 6.45) is 0. The second-order valence-corrected chi connectivity index (χ2v) is 6.15. The van der Waals surface area contributed by atoms with E-state index < -0.39 is 5.97 Å². The van der Waals surface area contributed by atoms with Crippen molar-refractivity contribution in [2.24, 2.45) is 0 Å². The van der Waals surface area contributed by atoms with Crippen molar-refractivity contribution in [3.8, 4) is 0 Å². The first kappa shape index (κ1) is 12.2. The zero-order valence-corrected chi connectivity index (χ0v) is 11.4. The molecular formula is C14H9NO2S2. The van der Waals surface area contributed by atoms with Gasteiger partial charge in [-0.25, -0.2) is 9.78 Å². The van der Waals surface area contributed by atoms with Gasteiger partial charge in [0.05, 0.1) is 9.73 Å². The van der Waals surface area contributed by atoms with Crippen LogP contribution in [-0.2, 0) is 0 Å². The van der Waals surface area contributed by atoms with Gasteiger partial charge >= 0.3 is 5.97 Å². The minimum Gasteiger partial charge on any atom is -0.477 e. The molecule has 0 unspecified atom stereocenters. The molecule has 2 heterocycles. The Labute approximate surface area is 117 Å². The predicted molar refractivity (Wildman–Crippen MR) is 77.1 cm³/mol. The lowest BCUT2D eigenvalue weighted by atomic mass is 10.2. The smallest absolute Gasteiger partial charge is 0.354 e. The van der Waals surface area contributed by atoms with E-state index in [0.717, 1.165) is 14.5 Å². The number of carboxylic acids is 1. The highest BCUT2D eigenvalue weighted by molar-refractivity contribution is 8.01. The molecule has 0 radical (unpaired) electrons. The normalized spacial score (nSPS) is 10.7. The van der Waals surface area contributed by atoms with E-state index in [1.807, 2.05) is 41.8 Å². The maximum absolute atomic E-state index is 11.1. The van der Waals surface area contributed by atoms with Crippen LogP contribution < -0.4 is 0 Å². The molecule has 0 aliphatic rings. The standard InChI is InChI=1S/C14H9NO2S2/c16-14(17)11-8-12(19-13-6-3-7-18-13)9-4-1-2-5-10(9)15-11/h1-8H,(H,16,17). The average molecular weight is 287 g/mol. The number of nitrogens with zero attached hydrogens (tertiary/aromatic N) is 1. The number of hydrogen-bond donors (Lipinski definition) is 1. The Morgan fingerprint density at radius 3 is 2.79 bits per heavy atom. The molecule has 1 aromatic carbocycles. The van der Waals surface area contributed by atoms with Crippen LogP contribution in [0, 0.1) is 0 Å². The molecule has 3 nitrogen and oxygen atoms in total. The number of fused-ring (bicyclic) bond motifs is 1. The summed E-state index contributed by atoms with van der Waals surface area (Å²) in [6, 6.07) is 13.2. The van der Waals surface area contributed by atoms with Crippen LogP contribution in [0.25, 0.3) is 10.9 Å². The molecule has 1 N–H and O–H groups in total. The van der Waals surface area contributed by atoms with Gasteiger partial charge in [0.2, 0.25) is 0 Å². The van der Waals surface area contributed by atoms with Gasteiger partial charge in [0.25, 0.3) is 0 Å². The van der Waals surface area contributed by atoms with Gasteiger partial charge in [0.15, 0.2) is 0 Å². The number of rotatable bonds is 3. The van der Waals surface area contributed by atoms with Crippen molar-refractivity contribution in [3.63, 3.8) is 0 Å². The highest BCUT2D eigenvalue weighted by atomic mass is 32.2. The number of benzene rings is 1. The molecule has 0 atom stereocenters. The van der Waals surface area contributed by atoms with Crippen LogP contribution in [-0.4, -0.2) is 16.1 Å². The lowest BCUT2D eigenvalue weighted by Gasteiger charge is -2.06.